The van der Waals surface area contributed by atoms with Gasteiger partial charge in [0.1, 0.15) is 6.23 Å². The van der Waals surface area contributed by atoms with Crippen LogP contribution in [0.25, 0.3) is 0 Å². The van der Waals surface area contributed by atoms with Crippen LogP contribution >= 0.6 is 0 Å². The number of hydrogen-bond donors (Lipinski definition) is 2. The Kier molecular flexibility index (Phi) is 10.9. The minimum Gasteiger partial charge on any atom is -0.379 e. The van der Waals surface area contributed by atoms with E-state index in [9.17, 15) is 5.11 Å². The third kappa shape index (κ3) is 10.0. The Morgan fingerprint density at radius 3 is 2.07 bits per heavy atom. The molecule has 0 aromatic rings. The van der Waals surface area contributed by atoms with Gasteiger partial charge in [-0.15, -0.1) is 0 Å². The molecule has 0 bridgehead atoms. The molecular weight excluding hydrogens is 174 g/mol. The van der Waals surface area contributed by atoms with Crippen molar-refractivity contribution in [2.24, 2.45) is 0 Å². The molecule has 1 atom stereocenters. The zero-order valence-electron chi connectivity index (χ0n) is 9.89. The fourth-order valence-corrected chi connectivity index (χ4v) is 1.50. The van der Waals surface area contributed by atoms with Gasteiger partial charge in [0.05, 0.1) is 0 Å². The molecule has 0 aliphatic carbocycles. The van der Waals surface area contributed by atoms with Gasteiger partial charge in [0.2, 0.25) is 0 Å². The van der Waals surface area contributed by atoms with Crippen molar-refractivity contribution in [2.75, 3.05) is 6.54 Å². The lowest BCUT2D eigenvalue weighted by Gasteiger charge is -2.09. The fourth-order valence-electron chi connectivity index (χ4n) is 1.50. The molecule has 0 rings (SSSR count). The maximum absolute atomic E-state index is 9.22. The summed E-state index contributed by atoms with van der Waals surface area (Å²) in [5, 5.41) is 12.3. The number of unbranched alkanes of at least 4 members (excludes halogenated alkanes) is 6. The number of nitrogens with one attached hydrogen (secondary N) is 1. The quantitative estimate of drug-likeness (QED) is 0.420. The molecule has 2 N–H and O–H groups in total. The van der Waals surface area contributed by atoms with Crippen LogP contribution < -0.4 is 5.32 Å². The summed E-state index contributed by atoms with van der Waals surface area (Å²) in [7, 11) is 0. The van der Waals surface area contributed by atoms with Crippen LogP contribution in [0, 0.1) is 0 Å². The van der Waals surface area contributed by atoms with Gasteiger partial charge in [-0.25, -0.2) is 0 Å². The van der Waals surface area contributed by atoms with E-state index in [0.717, 1.165) is 13.0 Å². The van der Waals surface area contributed by atoms with E-state index in [1.807, 2.05) is 6.92 Å². The van der Waals surface area contributed by atoms with Crippen molar-refractivity contribution < 1.29 is 5.11 Å². The standard InChI is InChI=1S/C12H27NO/c1-3-5-6-7-8-9-10-11-13-12(14)4-2/h12-14H,3-11H2,1-2H3. The van der Waals surface area contributed by atoms with E-state index in [0.29, 0.717) is 0 Å². The van der Waals surface area contributed by atoms with Gasteiger partial charge in [-0.1, -0.05) is 52.4 Å². The molecule has 86 valence electrons. The van der Waals surface area contributed by atoms with Crippen LogP contribution in [-0.2, 0) is 0 Å². The molecule has 0 aromatic heterocycles. The van der Waals surface area contributed by atoms with Crippen molar-refractivity contribution in [1.82, 2.24) is 5.32 Å². The Morgan fingerprint density at radius 1 is 0.929 bits per heavy atom. The first-order valence-electron chi connectivity index (χ1n) is 6.22. The van der Waals surface area contributed by atoms with Gasteiger partial charge in [-0.3, -0.25) is 5.32 Å². The van der Waals surface area contributed by atoms with E-state index in [2.05, 4.69) is 12.2 Å². The Bertz CT molecular complexity index is 106. The normalized spacial score (nSPS) is 13.1. The minimum absolute atomic E-state index is 0.296. The first-order valence-corrected chi connectivity index (χ1v) is 6.22. The lowest BCUT2D eigenvalue weighted by molar-refractivity contribution is 0.133. The van der Waals surface area contributed by atoms with Crippen molar-refractivity contribution in [3.8, 4) is 0 Å². The first-order chi connectivity index (χ1) is 6.81. The Morgan fingerprint density at radius 2 is 1.50 bits per heavy atom. The van der Waals surface area contributed by atoms with Crippen LogP contribution in [-0.4, -0.2) is 17.9 Å². The summed E-state index contributed by atoms with van der Waals surface area (Å²) in [6.45, 7) is 5.20. The topological polar surface area (TPSA) is 32.3 Å². The zero-order valence-corrected chi connectivity index (χ0v) is 9.89. The largest absolute Gasteiger partial charge is 0.379 e. The number of rotatable bonds is 10. The molecule has 0 aromatic carbocycles. The van der Waals surface area contributed by atoms with Gasteiger partial charge in [0.15, 0.2) is 0 Å². The van der Waals surface area contributed by atoms with E-state index in [1.54, 1.807) is 0 Å². The second-order valence-corrected chi connectivity index (χ2v) is 4.00. The maximum atomic E-state index is 9.22. The molecule has 0 aliphatic heterocycles. The fraction of sp³-hybridized carbons (Fsp3) is 1.00. The summed E-state index contributed by atoms with van der Waals surface area (Å²) in [5.74, 6) is 0. The molecule has 14 heavy (non-hydrogen) atoms. The monoisotopic (exact) mass is 201 g/mol. The highest BCUT2D eigenvalue weighted by Gasteiger charge is 1.97. The van der Waals surface area contributed by atoms with Crippen molar-refractivity contribution in [2.45, 2.75) is 71.4 Å². The van der Waals surface area contributed by atoms with E-state index in [1.165, 1.54) is 44.9 Å². The summed E-state index contributed by atoms with van der Waals surface area (Å²) in [6, 6.07) is 0. The molecule has 0 saturated heterocycles. The number of aliphatic hydroxyl groups excluding tert-OH is 1. The van der Waals surface area contributed by atoms with Crippen LogP contribution in [0.1, 0.15) is 65.2 Å². The van der Waals surface area contributed by atoms with Gasteiger partial charge in [0, 0.05) is 0 Å². The highest BCUT2D eigenvalue weighted by Crippen LogP contribution is 2.06. The molecule has 1 unspecified atom stereocenters. The van der Waals surface area contributed by atoms with Gasteiger partial charge in [-0.2, -0.15) is 0 Å². The average molecular weight is 201 g/mol. The second kappa shape index (κ2) is 11.0. The highest BCUT2D eigenvalue weighted by molar-refractivity contribution is 4.52. The number of aliphatic hydroxyl groups is 1. The van der Waals surface area contributed by atoms with Gasteiger partial charge in [0.25, 0.3) is 0 Å². The van der Waals surface area contributed by atoms with Crippen LogP contribution in [0.15, 0.2) is 0 Å². The van der Waals surface area contributed by atoms with Crippen LogP contribution in [0.5, 0.6) is 0 Å². The zero-order chi connectivity index (χ0) is 10.6. The van der Waals surface area contributed by atoms with Crippen molar-refractivity contribution >= 4 is 0 Å². The number of hydrogen-bond acceptors (Lipinski definition) is 2. The SMILES string of the molecule is CCCCCCCCCNC(O)CC. The summed E-state index contributed by atoms with van der Waals surface area (Å²) >= 11 is 0. The van der Waals surface area contributed by atoms with Gasteiger partial charge in [-0.05, 0) is 19.4 Å². The Balaban J connectivity index is 2.92. The smallest absolute Gasteiger partial charge is 0.104 e. The molecule has 2 heteroatoms. The molecule has 0 heterocycles. The molecule has 0 radical (unpaired) electrons. The predicted octanol–water partition coefficient (Wildman–Crippen LogP) is 3.06. The summed E-state index contributed by atoms with van der Waals surface area (Å²) in [4.78, 5) is 0. The van der Waals surface area contributed by atoms with Crippen LogP contribution in [0.3, 0.4) is 0 Å². The van der Waals surface area contributed by atoms with Crippen molar-refractivity contribution in [3.63, 3.8) is 0 Å². The molecule has 0 spiro atoms. The lowest BCUT2D eigenvalue weighted by atomic mass is 10.1. The molecular formula is C12H27NO. The first kappa shape index (κ1) is 13.9. The average Bonchev–Trinajstić information content (AvgIpc) is 2.21. The van der Waals surface area contributed by atoms with Crippen LogP contribution in [0.2, 0.25) is 0 Å². The summed E-state index contributed by atoms with van der Waals surface area (Å²) in [5.41, 5.74) is 0. The lowest BCUT2D eigenvalue weighted by Crippen LogP contribution is -2.28. The van der Waals surface area contributed by atoms with Crippen LogP contribution in [0.4, 0.5) is 0 Å². The van der Waals surface area contributed by atoms with Crippen molar-refractivity contribution in [1.29, 1.82) is 0 Å². The minimum atomic E-state index is -0.296. The van der Waals surface area contributed by atoms with Gasteiger partial charge >= 0.3 is 0 Å². The maximum Gasteiger partial charge on any atom is 0.104 e. The molecule has 0 aliphatic rings. The second-order valence-electron chi connectivity index (χ2n) is 4.00. The molecule has 2 nitrogen and oxygen atoms in total. The van der Waals surface area contributed by atoms with E-state index in [4.69, 9.17) is 0 Å². The highest BCUT2D eigenvalue weighted by atomic mass is 16.3. The van der Waals surface area contributed by atoms with E-state index >= 15 is 0 Å². The molecule has 0 saturated carbocycles. The van der Waals surface area contributed by atoms with Crippen molar-refractivity contribution in [3.05, 3.63) is 0 Å². The molecule has 0 fully saturated rings. The van der Waals surface area contributed by atoms with E-state index < -0.39 is 0 Å². The summed E-state index contributed by atoms with van der Waals surface area (Å²) in [6.07, 6.45) is 9.83. The van der Waals surface area contributed by atoms with E-state index in [-0.39, 0.29) is 6.23 Å². The third-order valence-electron chi connectivity index (χ3n) is 2.55. The van der Waals surface area contributed by atoms with Gasteiger partial charge < -0.3 is 5.11 Å². The Labute approximate surface area is 89.1 Å². The third-order valence-corrected chi connectivity index (χ3v) is 2.55. The summed E-state index contributed by atoms with van der Waals surface area (Å²) < 4.78 is 0. The molecule has 0 amide bonds. The Hall–Kier alpha value is -0.0800. The predicted molar refractivity (Wildman–Crippen MR) is 62.3 cm³/mol.